The van der Waals surface area contributed by atoms with Crippen LogP contribution < -0.4 is 5.32 Å². The van der Waals surface area contributed by atoms with Gasteiger partial charge in [0.15, 0.2) is 5.69 Å². The van der Waals surface area contributed by atoms with E-state index in [2.05, 4.69) is 15.6 Å². The number of aromatic nitrogens is 3. The van der Waals surface area contributed by atoms with E-state index in [1.807, 2.05) is 44.2 Å². The van der Waals surface area contributed by atoms with Gasteiger partial charge in [0.25, 0.3) is 5.91 Å². The summed E-state index contributed by atoms with van der Waals surface area (Å²) < 4.78 is 1.54. The lowest BCUT2D eigenvalue weighted by atomic mass is 10.0. The van der Waals surface area contributed by atoms with E-state index in [1.165, 1.54) is 0 Å². The van der Waals surface area contributed by atoms with E-state index in [4.69, 9.17) is 0 Å². The summed E-state index contributed by atoms with van der Waals surface area (Å²) in [4.78, 5) is 12.0. The fraction of sp³-hybridized carbons (Fsp3) is 0.400. The van der Waals surface area contributed by atoms with E-state index in [1.54, 1.807) is 10.9 Å². The molecule has 0 spiro atoms. The minimum Gasteiger partial charge on any atom is -0.391 e. The van der Waals surface area contributed by atoms with Crippen LogP contribution in [0.1, 0.15) is 30.8 Å². The second kappa shape index (κ2) is 6.99. The lowest BCUT2D eigenvalue weighted by molar-refractivity contribution is 0.0846. The van der Waals surface area contributed by atoms with Crippen molar-refractivity contribution in [3.05, 3.63) is 42.2 Å². The molecule has 2 aromatic rings. The highest BCUT2D eigenvalue weighted by atomic mass is 16.3. The topological polar surface area (TPSA) is 80.0 Å². The summed E-state index contributed by atoms with van der Waals surface area (Å²) in [7, 11) is 0. The molecule has 0 fully saturated rings. The molecule has 0 saturated carbocycles. The molecule has 2 unspecified atom stereocenters. The molecule has 0 aliphatic heterocycles. The average molecular weight is 288 g/mol. The van der Waals surface area contributed by atoms with Crippen molar-refractivity contribution in [1.29, 1.82) is 0 Å². The van der Waals surface area contributed by atoms with Crippen LogP contribution in [-0.4, -0.2) is 38.7 Å². The van der Waals surface area contributed by atoms with Crippen LogP contribution in [-0.2, 0) is 0 Å². The van der Waals surface area contributed by atoms with Gasteiger partial charge >= 0.3 is 0 Å². The van der Waals surface area contributed by atoms with Gasteiger partial charge in [-0.3, -0.25) is 4.79 Å². The lowest BCUT2D eigenvalue weighted by Crippen LogP contribution is -2.35. The van der Waals surface area contributed by atoms with Gasteiger partial charge < -0.3 is 10.4 Å². The Bertz CT molecular complexity index is 582. The number of aliphatic hydroxyl groups is 1. The second-order valence-electron chi connectivity index (χ2n) is 5.05. The Labute approximate surface area is 123 Å². The summed E-state index contributed by atoms with van der Waals surface area (Å²) in [5, 5.41) is 20.3. The van der Waals surface area contributed by atoms with Crippen LogP contribution in [0.2, 0.25) is 0 Å². The molecule has 6 nitrogen and oxygen atoms in total. The summed E-state index contributed by atoms with van der Waals surface area (Å²) >= 11 is 0. The zero-order chi connectivity index (χ0) is 15.2. The Morgan fingerprint density at radius 1 is 1.38 bits per heavy atom. The van der Waals surface area contributed by atoms with Crippen molar-refractivity contribution in [3.63, 3.8) is 0 Å². The Morgan fingerprint density at radius 3 is 2.76 bits per heavy atom. The number of nitrogens with one attached hydrogen (secondary N) is 1. The molecule has 0 aliphatic carbocycles. The summed E-state index contributed by atoms with van der Waals surface area (Å²) in [6, 6.07) is 9.44. The van der Waals surface area contributed by atoms with E-state index >= 15 is 0 Å². The molecule has 2 N–H and O–H groups in total. The molecular weight excluding hydrogens is 268 g/mol. The molecule has 112 valence electrons. The maximum Gasteiger partial charge on any atom is 0.273 e. The molecule has 1 aromatic carbocycles. The summed E-state index contributed by atoms with van der Waals surface area (Å²) in [5.41, 5.74) is 1.07. The maximum atomic E-state index is 12.0. The predicted molar refractivity (Wildman–Crippen MR) is 79.2 cm³/mol. The Morgan fingerprint density at radius 2 is 2.10 bits per heavy atom. The van der Waals surface area contributed by atoms with Crippen LogP contribution in [0, 0.1) is 5.92 Å². The number of para-hydroxylation sites is 1. The third-order valence-electron chi connectivity index (χ3n) is 3.52. The first kappa shape index (κ1) is 15.2. The lowest BCUT2D eigenvalue weighted by Gasteiger charge is -2.16. The van der Waals surface area contributed by atoms with Crippen molar-refractivity contribution in [1.82, 2.24) is 20.3 Å². The highest BCUT2D eigenvalue weighted by Crippen LogP contribution is 2.07. The number of nitrogens with zero attached hydrogens (tertiary/aromatic N) is 3. The van der Waals surface area contributed by atoms with Gasteiger partial charge in [0.2, 0.25) is 0 Å². The Balaban J connectivity index is 1.97. The fourth-order valence-corrected chi connectivity index (χ4v) is 1.84. The normalized spacial score (nSPS) is 13.7. The first-order valence-electron chi connectivity index (χ1n) is 7.05. The van der Waals surface area contributed by atoms with Crippen LogP contribution in [0.15, 0.2) is 36.5 Å². The smallest absolute Gasteiger partial charge is 0.273 e. The van der Waals surface area contributed by atoms with Crippen LogP contribution in [0.5, 0.6) is 0 Å². The summed E-state index contributed by atoms with van der Waals surface area (Å²) in [6.45, 7) is 4.16. The predicted octanol–water partition coefficient (Wildman–Crippen LogP) is 1.40. The number of carbonyl (C=O) groups is 1. The number of benzene rings is 1. The van der Waals surface area contributed by atoms with Crippen LogP contribution in [0.4, 0.5) is 0 Å². The van der Waals surface area contributed by atoms with Gasteiger partial charge in [-0.25, -0.2) is 4.68 Å². The van der Waals surface area contributed by atoms with E-state index in [0.717, 1.165) is 12.1 Å². The summed E-state index contributed by atoms with van der Waals surface area (Å²) in [6.07, 6.45) is 1.88. The zero-order valence-corrected chi connectivity index (χ0v) is 12.2. The molecule has 0 saturated heterocycles. The van der Waals surface area contributed by atoms with E-state index in [9.17, 15) is 9.90 Å². The van der Waals surface area contributed by atoms with Gasteiger partial charge in [-0.15, -0.1) is 5.10 Å². The van der Waals surface area contributed by atoms with Crippen molar-refractivity contribution in [2.75, 3.05) is 6.54 Å². The molecule has 1 heterocycles. The Kier molecular flexibility index (Phi) is 5.05. The van der Waals surface area contributed by atoms with Gasteiger partial charge in [0.1, 0.15) is 0 Å². The number of rotatable bonds is 6. The van der Waals surface area contributed by atoms with E-state index < -0.39 is 6.10 Å². The molecule has 2 atom stereocenters. The number of amides is 1. The molecule has 2 rings (SSSR count). The molecular formula is C15H20N4O2. The average Bonchev–Trinajstić information content (AvgIpc) is 3.02. The molecule has 0 aliphatic rings. The minimum absolute atomic E-state index is 0.144. The Hall–Kier alpha value is -2.21. The monoisotopic (exact) mass is 288 g/mol. The minimum atomic E-state index is -0.553. The SMILES string of the molecule is CCC(C)C(O)CNC(=O)c1cn(-c2ccccc2)nn1. The van der Waals surface area contributed by atoms with Gasteiger partial charge in [0.05, 0.1) is 18.0 Å². The quantitative estimate of drug-likeness (QED) is 0.842. The number of aliphatic hydroxyl groups excluding tert-OH is 1. The standard InChI is InChI=1S/C15H20N4O2/c1-3-11(2)14(20)9-16-15(21)13-10-19(18-17-13)12-7-5-4-6-8-12/h4-8,10-11,14,20H,3,9H2,1-2H3,(H,16,21). The van der Waals surface area contributed by atoms with Crippen molar-refractivity contribution in [2.45, 2.75) is 26.4 Å². The van der Waals surface area contributed by atoms with Gasteiger partial charge in [-0.1, -0.05) is 43.7 Å². The number of hydrogen-bond acceptors (Lipinski definition) is 4. The van der Waals surface area contributed by atoms with Crippen molar-refractivity contribution in [3.8, 4) is 5.69 Å². The molecule has 6 heteroatoms. The molecule has 1 aromatic heterocycles. The zero-order valence-electron chi connectivity index (χ0n) is 12.2. The number of hydrogen-bond donors (Lipinski definition) is 2. The van der Waals surface area contributed by atoms with Crippen LogP contribution >= 0.6 is 0 Å². The molecule has 21 heavy (non-hydrogen) atoms. The van der Waals surface area contributed by atoms with E-state index in [0.29, 0.717) is 0 Å². The highest BCUT2D eigenvalue weighted by molar-refractivity contribution is 5.91. The maximum absolute atomic E-state index is 12.0. The van der Waals surface area contributed by atoms with Crippen molar-refractivity contribution in [2.24, 2.45) is 5.92 Å². The third-order valence-corrected chi connectivity index (χ3v) is 3.52. The second-order valence-corrected chi connectivity index (χ2v) is 5.05. The van der Waals surface area contributed by atoms with Gasteiger partial charge in [0, 0.05) is 6.54 Å². The molecule has 0 radical (unpaired) electrons. The van der Waals surface area contributed by atoms with Crippen LogP contribution in [0.25, 0.3) is 5.69 Å². The highest BCUT2D eigenvalue weighted by Gasteiger charge is 2.16. The van der Waals surface area contributed by atoms with Crippen LogP contribution in [0.3, 0.4) is 0 Å². The number of carbonyl (C=O) groups excluding carboxylic acids is 1. The molecule has 0 bridgehead atoms. The summed E-state index contributed by atoms with van der Waals surface area (Å²) in [5.74, 6) is -0.190. The first-order valence-corrected chi connectivity index (χ1v) is 7.05. The van der Waals surface area contributed by atoms with Gasteiger partial charge in [-0.05, 0) is 18.1 Å². The van der Waals surface area contributed by atoms with Crippen molar-refractivity contribution < 1.29 is 9.90 Å². The van der Waals surface area contributed by atoms with Crippen molar-refractivity contribution >= 4 is 5.91 Å². The first-order chi connectivity index (χ1) is 10.1. The largest absolute Gasteiger partial charge is 0.391 e. The fourth-order valence-electron chi connectivity index (χ4n) is 1.84. The van der Waals surface area contributed by atoms with Gasteiger partial charge in [-0.2, -0.15) is 0 Å². The third kappa shape index (κ3) is 3.88. The van der Waals surface area contributed by atoms with E-state index in [-0.39, 0.29) is 24.1 Å². The molecule has 1 amide bonds.